The quantitative estimate of drug-likeness (QED) is 0.727. The van der Waals surface area contributed by atoms with Gasteiger partial charge in [-0.25, -0.2) is 0 Å². The highest BCUT2D eigenvalue weighted by Crippen LogP contribution is 2.34. The van der Waals surface area contributed by atoms with E-state index in [1.54, 1.807) is 0 Å². The van der Waals surface area contributed by atoms with Crippen molar-refractivity contribution in [2.24, 2.45) is 11.1 Å². The van der Waals surface area contributed by atoms with E-state index in [1.165, 1.54) is 32.1 Å². The third-order valence-corrected chi connectivity index (χ3v) is 3.82. The molecule has 0 saturated heterocycles. The van der Waals surface area contributed by atoms with E-state index >= 15 is 0 Å². The summed E-state index contributed by atoms with van der Waals surface area (Å²) in [7, 11) is 0. The van der Waals surface area contributed by atoms with Crippen molar-refractivity contribution in [2.75, 3.05) is 6.54 Å². The number of nitrogens with one attached hydrogen (secondary N) is 1. The topological polar surface area (TPSA) is 38.0 Å². The van der Waals surface area contributed by atoms with Crippen molar-refractivity contribution in [1.29, 1.82) is 0 Å². The van der Waals surface area contributed by atoms with Crippen molar-refractivity contribution >= 4 is 0 Å². The van der Waals surface area contributed by atoms with E-state index in [1.807, 2.05) is 0 Å². The van der Waals surface area contributed by atoms with Crippen LogP contribution < -0.4 is 11.1 Å². The minimum Gasteiger partial charge on any atom is -0.330 e. The predicted molar refractivity (Wildman–Crippen MR) is 62.3 cm³/mol. The Morgan fingerprint density at radius 3 is 2.43 bits per heavy atom. The van der Waals surface area contributed by atoms with Crippen LogP contribution in [0.5, 0.6) is 0 Å². The molecule has 1 unspecified atom stereocenters. The minimum absolute atomic E-state index is 0.424. The molecule has 0 aromatic heterocycles. The van der Waals surface area contributed by atoms with E-state index in [4.69, 9.17) is 5.73 Å². The normalized spacial score (nSPS) is 35.6. The molecule has 0 spiro atoms. The van der Waals surface area contributed by atoms with Gasteiger partial charge in [-0.2, -0.15) is 0 Å². The van der Waals surface area contributed by atoms with Gasteiger partial charge in [0.15, 0.2) is 0 Å². The molecule has 0 amide bonds. The summed E-state index contributed by atoms with van der Waals surface area (Å²) >= 11 is 0. The molecule has 1 fully saturated rings. The Kier molecular flexibility index (Phi) is 4.39. The Labute approximate surface area is 88.6 Å². The lowest BCUT2D eigenvalue weighted by Crippen LogP contribution is -2.42. The van der Waals surface area contributed by atoms with Gasteiger partial charge in [0.2, 0.25) is 0 Å². The molecule has 0 radical (unpaired) electrons. The molecule has 0 aliphatic heterocycles. The number of hydrogen-bond acceptors (Lipinski definition) is 2. The maximum atomic E-state index is 5.79. The highest BCUT2D eigenvalue weighted by Gasteiger charge is 2.29. The van der Waals surface area contributed by atoms with Gasteiger partial charge < -0.3 is 11.1 Å². The first kappa shape index (κ1) is 12.0. The van der Waals surface area contributed by atoms with Crippen LogP contribution in [0, 0.1) is 5.41 Å². The third kappa shape index (κ3) is 3.25. The Bertz CT molecular complexity index is 160. The SMILES string of the molecule is CCC(C)NC1CCC(C)(CN)CC1. The molecular weight excluding hydrogens is 172 g/mol. The van der Waals surface area contributed by atoms with Crippen LogP contribution in [-0.2, 0) is 0 Å². The molecule has 14 heavy (non-hydrogen) atoms. The van der Waals surface area contributed by atoms with Gasteiger partial charge in [0, 0.05) is 12.1 Å². The van der Waals surface area contributed by atoms with Crippen LogP contribution in [0.1, 0.15) is 52.9 Å². The number of nitrogens with two attached hydrogens (primary N) is 1. The molecule has 1 aliphatic rings. The summed E-state index contributed by atoms with van der Waals surface area (Å²) in [5, 5.41) is 3.69. The highest BCUT2D eigenvalue weighted by molar-refractivity contribution is 4.86. The van der Waals surface area contributed by atoms with Crippen LogP contribution in [0.15, 0.2) is 0 Å². The molecule has 1 saturated carbocycles. The second-order valence-corrected chi connectivity index (χ2v) is 5.27. The number of rotatable bonds is 4. The maximum Gasteiger partial charge on any atom is 0.00699 e. The summed E-state index contributed by atoms with van der Waals surface area (Å²) in [5.74, 6) is 0. The highest BCUT2D eigenvalue weighted by atomic mass is 14.9. The van der Waals surface area contributed by atoms with Crippen molar-refractivity contribution in [1.82, 2.24) is 5.32 Å². The summed E-state index contributed by atoms with van der Waals surface area (Å²) in [5.41, 5.74) is 6.21. The van der Waals surface area contributed by atoms with Crippen LogP contribution in [0.2, 0.25) is 0 Å². The average molecular weight is 198 g/mol. The second-order valence-electron chi connectivity index (χ2n) is 5.27. The van der Waals surface area contributed by atoms with Crippen molar-refractivity contribution in [3.63, 3.8) is 0 Å². The van der Waals surface area contributed by atoms with Gasteiger partial charge >= 0.3 is 0 Å². The lowest BCUT2D eigenvalue weighted by molar-refractivity contribution is 0.186. The van der Waals surface area contributed by atoms with Crippen molar-refractivity contribution < 1.29 is 0 Å². The van der Waals surface area contributed by atoms with Crippen LogP contribution in [-0.4, -0.2) is 18.6 Å². The summed E-state index contributed by atoms with van der Waals surface area (Å²) in [6.07, 6.45) is 6.41. The van der Waals surface area contributed by atoms with E-state index < -0.39 is 0 Å². The fourth-order valence-electron chi connectivity index (χ4n) is 2.21. The fourth-order valence-corrected chi connectivity index (χ4v) is 2.21. The van der Waals surface area contributed by atoms with E-state index in [2.05, 4.69) is 26.1 Å². The molecule has 2 heteroatoms. The minimum atomic E-state index is 0.424. The Morgan fingerprint density at radius 1 is 1.43 bits per heavy atom. The zero-order chi connectivity index (χ0) is 10.6. The zero-order valence-electron chi connectivity index (χ0n) is 9.97. The molecule has 0 heterocycles. The molecule has 2 nitrogen and oxygen atoms in total. The molecular formula is C12H26N2. The Balaban J connectivity index is 2.29. The van der Waals surface area contributed by atoms with Crippen LogP contribution in [0.3, 0.4) is 0 Å². The lowest BCUT2D eigenvalue weighted by atomic mass is 9.74. The van der Waals surface area contributed by atoms with Crippen molar-refractivity contribution in [2.45, 2.75) is 65.0 Å². The van der Waals surface area contributed by atoms with Crippen molar-refractivity contribution in [3.8, 4) is 0 Å². The molecule has 3 N–H and O–H groups in total. The van der Waals surface area contributed by atoms with Gasteiger partial charge in [0.1, 0.15) is 0 Å². The molecule has 0 aromatic rings. The maximum absolute atomic E-state index is 5.79. The van der Waals surface area contributed by atoms with Gasteiger partial charge in [0.25, 0.3) is 0 Å². The summed E-state index contributed by atoms with van der Waals surface area (Å²) in [6.45, 7) is 7.69. The Morgan fingerprint density at radius 2 is 2.00 bits per heavy atom. The van der Waals surface area contributed by atoms with Gasteiger partial charge in [-0.3, -0.25) is 0 Å². The number of hydrogen-bond donors (Lipinski definition) is 2. The molecule has 1 aliphatic carbocycles. The van der Waals surface area contributed by atoms with Gasteiger partial charge in [-0.15, -0.1) is 0 Å². The lowest BCUT2D eigenvalue weighted by Gasteiger charge is -2.37. The molecule has 1 atom stereocenters. The molecule has 0 bridgehead atoms. The first-order valence-electron chi connectivity index (χ1n) is 6.06. The summed E-state index contributed by atoms with van der Waals surface area (Å²) in [6, 6.07) is 1.41. The first-order chi connectivity index (χ1) is 6.59. The van der Waals surface area contributed by atoms with Crippen LogP contribution in [0.25, 0.3) is 0 Å². The van der Waals surface area contributed by atoms with E-state index in [9.17, 15) is 0 Å². The van der Waals surface area contributed by atoms with E-state index in [-0.39, 0.29) is 0 Å². The van der Waals surface area contributed by atoms with E-state index in [0.717, 1.165) is 12.6 Å². The van der Waals surface area contributed by atoms with Gasteiger partial charge in [0.05, 0.1) is 0 Å². The van der Waals surface area contributed by atoms with Crippen molar-refractivity contribution in [3.05, 3.63) is 0 Å². The largest absolute Gasteiger partial charge is 0.330 e. The smallest absolute Gasteiger partial charge is 0.00699 e. The third-order valence-electron chi connectivity index (χ3n) is 3.82. The van der Waals surface area contributed by atoms with E-state index in [0.29, 0.717) is 11.5 Å². The average Bonchev–Trinajstić information content (AvgIpc) is 2.21. The Hall–Kier alpha value is -0.0800. The monoisotopic (exact) mass is 198 g/mol. The molecule has 1 rings (SSSR count). The molecule has 0 aromatic carbocycles. The van der Waals surface area contributed by atoms with Crippen LogP contribution in [0.4, 0.5) is 0 Å². The van der Waals surface area contributed by atoms with Crippen LogP contribution >= 0.6 is 0 Å². The summed E-state index contributed by atoms with van der Waals surface area (Å²) in [4.78, 5) is 0. The second kappa shape index (κ2) is 5.13. The summed E-state index contributed by atoms with van der Waals surface area (Å²) < 4.78 is 0. The molecule has 84 valence electrons. The first-order valence-corrected chi connectivity index (χ1v) is 6.06. The van der Waals surface area contributed by atoms with Gasteiger partial charge in [-0.05, 0) is 51.0 Å². The predicted octanol–water partition coefficient (Wildman–Crippen LogP) is 2.28. The standard InChI is InChI=1S/C12H26N2/c1-4-10(2)14-11-5-7-12(3,9-13)8-6-11/h10-11,14H,4-9,13H2,1-3H3. The fraction of sp³-hybridized carbons (Fsp3) is 1.00. The van der Waals surface area contributed by atoms with Gasteiger partial charge in [-0.1, -0.05) is 13.8 Å². The zero-order valence-corrected chi connectivity index (χ0v) is 9.97.